The topological polar surface area (TPSA) is 123 Å². The normalized spacial score (nSPS) is 12.4. The Bertz CT molecular complexity index is 1030. The summed E-state index contributed by atoms with van der Waals surface area (Å²) in [6.07, 6.45) is 1.88. The summed E-state index contributed by atoms with van der Waals surface area (Å²) in [6.45, 7) is 1.92. The molecule has 1 aliphatic rings. The molecule has 0 heterocycles. The van der Waals surface area contributed by atoms with Crippen LogP contribution in [-0.4, -0.2) is 50.3 Å². The molecule has 0 atom stereocenters. The molecule has 2 aromatic rings. The first kappa shape index (κ1) is 23.8. The van der Waals surface area contributed by atoms with Crippen LogP contribution in [0.25, 0.3) is 0 Å². The highest BCUT2D eigenvalue weighted by Gasteiger charge is 2.29. The molecule has 2 aromatic carbocycles. The van der Waals surface area contributed by atoms with Gasteiger partial charge in [0.05, 0.1) is 7.11 Å². The van der Waals surface area contributed by atoms with Crippen molar-refractivity contribution in [2.45, 2.75) is 19.8 Å². The van der Waals surface area contributed by atoms with Crippen LogP contribution in [0.4, 0.5) is 5.69 Å². The summed E-state index contributed by atoms with van der Waals surface area (Å²) >= 11 is 0. The van der Waals surface area contributed by atoms with Gasteiger partial charge in [-0.15, -0.1) is 0 Å². The molecule has 1 saturated carbocycles. The lowest BCUT2D eigenvalue weighted by atomic mass is 10.1. The average molecular weight is 453 g/mol. The number of rotatable bonds is 11. The molecule has 1 aliphatic carbocycles. The Balaban J connectivity index is 1.43. The van der Waals surface area contributed by atoms with Crippen molar-refractivity contribution >= 4 is 29.2 Å². The number of carbonyl (C=O) groups excluding carboxylic acids is 4. The highest BCUT2D eigenvalue weighted by atomic mass is 16.5. The van der Waals surface area contributed by atoms with Crippen molar-refractivity contribution < 1.29 is 28.7 Å². The number of methoxy groups -OCH3 is 1. The van der Waals surface area contributed by atoms with Crippen LogP contribution in [0.3, 0.4) is 0 Å². The summed E-state index contributed by atoms with van der Waals surface area (Å²) in [5.41, 5.74) is 1.43. The Morgan fingerprint density at radius 3 is 2.21 bits per heavy atom. The zero-order valence-electron chi connectivity index (χ0n) is 18.6. The third-order valence-corrected chi connectivity index (χ3v) is 5.02. The number of nitrogens with one attached hydrogen (secondary N) is 3. The van der Waals surface area contributed by atoms with Crippen molar-refractivity contribution in [1.82, 2.24) is 10.6 Å². The van der Waals surface area contributed by atoms with Gasteiger partial charge in [-0.1, -0.05) is 0 Å². The first-order chi connectivity index (χ1) is 15.9. The van der Waals surface area contributed by atoms with Crippen LogP contribution in [-0.2, 0) is 9.59 Å². The maximum absolute atomic E-state index is 12.2. The van der Waals surface area contributed by atoms with Gasteiger partial charge < -0.3 is 25.4 Å². The van der Waals surface area contributed by atoms with Gasteiger partial charge in [0.25, 0.3) is 11.8 Å². The van der Waals surface area contributed by atoms with Gasteiger partial charge in [-0.2, -0.15) is 0 Å². The van der Waals surface area contributed by atoms with Crippen molar-refractivity contribution in [3.63, 3.8) is 0 Å². The number of benzene rings is 2. The lowest BCUT2D eigenvalue weighted by molar-refractivity contribution is -0.122. The minimum atomic E-state index is -0.392. The molecule has 9 nitrogen and oxygen atoms in total. The number of ketones is 1. The van der Waals surface area contributed by atoms with E-state index >= 15 is 0 Å². The van der Waals surface area contributed by atoms with Crippen molar-refractivity contribution in [3.05, 3.63) is 53.6 Å². The van der Waals surface area contributed by atoms with Crippen LogP contribution < -0.4 is 25.4 Å². The number of hydrogen-bond acceptors (Lipinski definition) is 6. The van der Waals surface area contributed by atoms with E-state index in [9.17, 15) is 19.2 Å². The molecule has 0 spiro atoms. The van der Waals surface area contributed by atoms with Crippen LogP contribution >= 0.6 is 0 Å². The predicted molar refractivity (Wildman–Crippen MR) is 122 cm³/mol. The van der Waals surface area contributed by atoms with Gasteiger partial charge in [0.15, 0.2) is 23.9 Å². The second-order valence-corrected chi connectivity index (χ2v) is 7.66. The SMILES string of the molecule is COc1cc(C(C)=O)ccc1OCC(=O)Nc1ccc(C(=O)NCCNC(=O)C2CC2)cc1. The number of amides is 3. The summed E-state index contributed by atoms with van der Waals surface area (Å²) in [7, 11) is 1.45. The monoisotopic (exact) mass is 453 g/mol. The van der Waals surface area contributed by atoms with Crippen molar-refractivity contribution in [3.8, 4) is 11.5 Å². The number of anilines is 1. The van der Waals surface area contributed by atoms with E-state index in [1.807, 2.05) is 0 Å². The van der Waals surface area contributed by atoms with Gasteiger partial charge in [-0.3, -0.25) is 19.2 Å². The van der Waals surface area contributed by atoms with E-state index in [2.05, 4.69) is 16.0 Å². The van der Waals surface area contributed by atoms with Crippen LogP contribution in [0.2, 0.25) is 0 Å². The van der Waals surface area contributed by atoms with Gasteiger partial charge >= 0.3 is 0 Å². The second kappa shape index (κ2) is 11.1. The van der Waals surface area contributed by atoms with Crippen LogP contribution in [0.15, 0.2) is 42.5 Å². The molecule has 3 rings (SSSR count). The lowest BCUT2D eigenvalue weighted by Gasteiger charge is -2.12. The Morgan fingerprint density at radius 2 is 1.58 bits per heavy atom. The molecule has 0 radical (unpaired) electrons. The minimum Gasteiger partial charge on any atom is -0.493 e. The fourth-order valence-corrected chi connectivity index (χ4v) is 3.00. The molecule has 0 saturated heterocycles. The number of carbonyl (C=O) groups is 4. The standard InChI is InChI=1S/C24H27N3O6/c1-15(28)18-7-10-20(21(13-18)32-2)33-14-22(29)27-19-8-5-17(6-9-19)24(31)26-12-11-25-23(30)16-3-4-16/h5-10,13,16H,3-4,11-12,14H2,1-2H3,(H,25,30)(H,26,31)(H,27,29). The van der Waals surface area contributed by atoms with Gasteiger partial charge in [0.2, 0.25) is 5.91 Å². The Hall–Kier alpha value is -3.88. The summed E-state index contributed by atoms with van der Waals surface area (Å²) in [5, 5.41) is 8.21. The van der Waals surface area contributed by atoms with Gasteiger partial charge in [-0.25, -0.2) is 0 Å². The molecule has 33 heavy (non-hydrogen) atoms. The van der Waals surface area contributed by atoms with E-state index in [0.29, 0.717) is 41.4 Å². The number of hydrogen-bond donors (Lipinski definition) is 3. The van der Waals surface area contributed by atoms with E-state index in [-0.39, 0.29) is 30.1 Å². The maximum atomic E-state index is 12.2. The second-order valence-electron chi connectivity index (χ2n) is 7.66. The maximum Gasteiger partial charge on any atom is 0.262 e. The summed E-state index contributed by atoms with van der Waals surface area (Å²) in [6, 6.07) is 11.2. The molecule has 0 unspecified atom stereocenters. The highest BCUT2D eigenvalue weighted by molar-refractivity contribution is 5.96. The zero-order chi connectivity index (χ0) is 23.8. The summed E-state index contributed by atoms with van der Waals surface area (Å²) in [5.74, 6) is 0.128. The van der Waals surface area contributed by atoms with E-state index < -0.39 is 5.91 Å². The van der Waals surface area contributed by atoms with E-state index in [1.165, 1.54) is 14.0 Å². The smallest absolute Gasteiger partial charge is 0.262 e. The van der Waals surface area contributed by atoms with Gasteiger partial charge in [0, 0.05) is 35.8 Å². The Morgan fingerprint density at radius 1 is 0.909 bits per heavy atom. The molecule has 0 aromatic heterocycles. The third-order valence-electron chi connectivity index (χ3n) is 5.02. The quantitative estimate of drug-likeness (QED) is 0.354. The van der Waals surface area contributed by atoms with E-state index in [1.54, 1.807) is 42.5 Å². The van der Waals surface area contributed by atoms with Crippen molar-refractivity contribution in [2.75, 3.05) is 32.1 Å². The van der Waals surface area contributed by atoms with Gasteiger partial charge in [-0.05, 0) is 62.2 Å². The third kappa shape index (κ3) is 7.06. The predicted octanol–water partition coefficient (Wildman–Crippen LogP) is 2.17. The molecular weight excluding hydrogens is 426 g/mol. The zero-order valence-corrected chi connectivity index (χ0v) is 18.6. The molecular formula is C24H27N3O6. The molecule has 174 valence electrons. The number of ether oxygens (including phenoxy) is 2. The van der Waals surface area contributed by atoms with Gasteiger partial charge in [0.1, 0.15) is 0 Å². The fraction of sp³-hybridized carbons (Fsp3) is 0.333. The highest BCUT2D eigenvalue weighted by Crippen LogP contribution is 2.29. The largest absolute Gasteiger partial charge is 0.493 e. The molecule has 1 fully saturated rings. The molecule has 3 N–H and O–H groups in total. The van der Waals surface area contributed by atoms with E-state index in [0.717, 1.165) is 12.8 Å². The Labute approximate surface area is 191 Å². The summed E-state index contributed by atoms with van der Waals surface area (Å²) in [4.78, 5) is 47.4. The van der Waals surface area contributed by atoms with E-state index in [4.69, 9.17) is 9.47 Å². The lowest BCUT2D eigenvalue weighted by Crippen LogP contribution is -2.35. The summed E-state index contributed by atoms with van der Waals surface area (Å²) < 4.78 is 10.7. The Kier molecular flexibility index (Phi) is 8.01. The van der Waals surface area contributed by atoms with Crippen molar-refractivity contribution in [1.29, 1.82) is 0 Å². The average Bonchev–Trinajstić information content (AvgIpc) is 3.66. The van der Waals surface area contributed by atoms with Crippen LogP contribution in [0.5, 0.6) is 11.5 Å². The van der Waals surface area contributed by atoms with Crippen LogP contribution in [0.1, 0.15) is 40.5 Å². The molecule has 0 bridgehead atoms. The molecule has 3 amide bonds. The molecule has 9 heteroatoms. The molecule has 0 aliphatic heterocycles. The first-order valence-corrected chi connectivity index (χ1v) is 10.6. The minimum absolute atomic E-state index is 0.0415. The van der Waals surface area contributed by atoms with Crippen LogP contribution in [0, 0.1) is 5.92 Å². The first-order valence-electron chi connectivity index (χ1n) is 10.6. The fourth-order valence-electron chi connectivity index (χ4n) is 3.00. The number of Topliss-reactive ketones (excluding diaryl/α,β-unsaturated/α-hetero) is 1. The van der Waals surface area contributed by atoms with Crippen molar-refractivity contribution in [2.24, 2.45) is 5.92 Å².